The number of hydrogen-bond donors (Lipinski definition) is 0. The Kier molecular flexibility index (Phi) is 5.90. The van der Waals surface area contributed by atoms with E-state index in [-0.39, 0.29) is 36.0 Å². The third-order valence-electron chi connectivity index (χ3n) is 4.82. The molecule has 0 atom stereocenters. The molecule has 3 rings (SSSR count). The standard InChI is InChI=1S/C19H23FN2O4S2/c1-15(2)16-6-8-18(9-7-16)27(23,24)21-10-12-22(13-11-21)28(25,26)19-5-3-4-17(20)14-19/h3-9,14-15H,10-13H2,1-2H3. The lowest BCUT2D eigenvalue weighted by Crippen LogP contribution is -2.50. The topological polar surface area (TPSA) is 74.8 Å². The highest BCUT2D eigenvalue weighted by atomic mass is 32.2. The van der Waals surface area contributed by atoms with Crippen LogP contribution in [0.1, 0.15) is 25.3 Å². The van der Waals surface area contributed by atoms with Crippen molar-refractivity contribution < 1.29 is 21.2 Å². The van der Waals surface area contributed by atoms with Crippen LogP contribution in [0.25, 0.3) is 0 Å². The Morgan fingerprint density at radius 2 is 1.29 bits per heavy atom. The van der Waals surface area contributed by atoms with Crippen LogP contribution >= 0.6 is 0 Å². The highest BCUT2D eigenvalue weighted by Gasteiger charge is 2.33. The minimum absolute atomic E-state index is 0.0160. The summed E-state index contributed by atoms with van der Waals surface area (Å²) in [6.45, 7) is 4.18. The quantitative estimate of drug-likeness (QED) is 0.737. The first-order valence-electron chi connectivity index (χ1n) is 8.98. The van der Waals surface area contributed by atoms with Gasteiger partial charge in [-0.3, -0.25) is 0 Å². The van der Waals surface area contributed by atoms with Crippen molar-refractivity contribution in [2.24, 2.45) is 0 Å². The summed E-state index contributed by atoms with van der Waals surface area (Å²) in [7, 11) is -7.55. The van der Waals surface area contributed by atoms with Gasteiger partial charge in [-0.15, -0.1) is 0 Å². The molecule has 0 amide bonds. The molecule has 1 aliphatic rings. The maximum atomic E-state index is 13.4. The van der Waals surface area contributed by atoms with Gasteiger partial charge in [-0.05, 0) is 41.8 Å². The number of nitrogens with zero attached hydrogens (tertiary/aromatic N) is 2. The largest absolute Gasteiger partial charge is 0.243 e. The van der Waals surface area contributed by atoms with Crippen LogP contribution in [0.4, 0.5) is 4.39 Å². The van der Waals surface area contributed by atoms with E-state index in [1.54, 1.807) is 24.3 Å². The summed E-state index contributed by atoms with van der Waals surface area (Å²) in [5.74, 6) is -0.333. The Labute approximate surface area is 165 Å². The van der Waals surface area contributed by atoms with Crippen molar-refractivity contribution in [2.45, 2.75) is 29.6 Å². The normalized spacial score (nSPS) is 17.1. The maximum Gasteiger partial charge on any atom is 0.243 e. The summed E-state index contributed by atoms with van der Waals surface area (Å²) >= 11 is 0. The van der Waals surface area contributed by atoms with E-state index in [2.05, 4.69) is 0 Å². The van der Waals surface area contributed by atoms with Crippen molar-refractivity contribution in [3.8, 4) is 0 Å². The van der Waals surface area contributed by atoms with Gasteiger partial charge in [0.05, 0.1) is 9.79 Å². The molecule has 1 saturated heterocycles. The molecule has 0 N–H and O–H groups in total. The second kappa shape index (κ2) is 7.90. The molecule has 0 aliphatic carbocycles. The van der Waals surface area contributed by atoms with Crippen molar-refractivity contribution in [3.63, 3.8) is 0 Å². The third-order valence-corrected chi connectivity index (χ3v) is 8.62. The lowest BCUT2D eigenvalue weighted by molar-refractivity contribution is 0.272. The summed E-state index contributed by atoms with van der Waals surface area (Å²) < 4.78 is 66.9. The van der Waals surface area contributed by atoms with E-state index in [4.69, 9.17) is 0 Å². The van der Waals surface area contributed by atoms with Crippen LogP contribution in [0.2, 0.25) is 0 Å². The zero-order valence-electron chi connectivity index (χ0n) is 15.7. The fourth-order valence-corrected chi connectivity index (χ4v) is 5.98. The Morgan fingerprint density at radius 1 is 0.786 bits per heavy atom. The fourth-order valence-electron chi connectivity index (χ4n) is 3.10. The van der Waals surface area contributed by atoms with Crippen molar-refractivity contribution in [2.75, 3.05) is 26.2 Å². The molecule has 1 fully saturated rings. The molecule has 2 aromatic carbocycles. The molecule has 0 spiro atoms. The zero-order chi connectivity index (χ0) is 20.5. The minimum atomic E-state index is -3.86. The molecule has 28 heavy (non-hydrogen) atoms. The molecular weight excluding hydrogens is 403 g/mol. The Morgan fingerprint density at radius 3 is 1.75 bits per heavy atom. The molecule has 2 aromatic rings. The van der Waals surface area contributed by atoms with Gasteiger partial charge in [0.1, 0.15) is 5.82 Å². The molecule has 152 valence electrons. The molecule has 1 aliphatic heterocycles. The van der Waals surface area contributed by atoms with Crippen LogP contribution in [-0.2, 0) is 20.0 Å². The smallest absolute Gasteiger partial charge is 0.207 e. The first kappa shape index (κ1) is 20.9. The van der Waals surface area contributed by atoms with E-state index in [0.29, 0.717) is 5.92 Å². The SMILES string of the molecule is CC(C)c1ccc(S(=O)(=O)N2CCN(S(=O)(=O)c3cccc(F)c3)CC2)cc1. The van der Waals surface area contributed by atoms with Gasteiger partial charge >= 0.3 is 0 Å². The summed E-state index contributed by atoms with van der Waals surface area (Å²) in [4.78, 5) is 0.0615. The van der Waals surface area contributed by atoms with Crippen LogP contribution in [0.5, 0.6) is 0 Å². The van der Waals surface area contributed by atoms with Gasteiger partial charge in [-0.2, -0.15) is 8.61 Å². The van der Waals surface area contributed by atoms with Crippen molar-refractivity contribution in [1.29, 1.82) is 0 Å². The van der Waals surface area contributed by atoms with E-state index in [0.717, 1.165) is 11.6 Å². The van der Waals surface area contributed by atoms with E-state index in [9.17, 15) is 21.2 Å². The van der Waals surface area contributed by atoms with Crippen molar-refractivity contribution in [1.82, 2.24) is 8.61 Å². The monoisotopic (exact) mass is 426 g/mol. The molecule has 0 bridgehead atoms. The maximum absolute atomic E-state index is 13.4. The molecule has 0 radical (unpaired) electrons. The van der Waals surface area contributed by atoms with E-state index in [1.807, 2.05) is 13.8 Å². The second-order valence-corrected chi connectivity index (χ2v) is 10.9. The van der Waals surface area contributed by atoms with Crippen LogP contribution in [0.15, 0.2) is 58.3 Å². The second-order valence-electron chi connectivity index (χ2n) is 6.99. The molecular formula is C19H23FN2O4S2. The van der Waals surface area contributed by atoms with Gasteiger partial charge in [0.15, 0.2) is 0 Å². The number of hydrogen-bond acceptors (Lipinski definition) is 4. The van der Waals surface area contributed by atoms with Crippen LogP contribution in [0, 0.1) is 5.82 Å². The average molecular weight is 427 g/mol. The molecule has 9 heteroatoms. The zero-order valence-corrected chi connectivity index (χ0v) is 17.4. The number of sulfonamides is 2. The van der Waals surface area contributed by atoms with E-state index < -0.39 is 25.9 Å². The van der Waals surface area contributed by atoms with Gasteiger partial charge in [-0.25, -0.2) is 21.2 Å². The van der Waals surface area contributed by atoms with E-state index >= 15 is 0 Å². The number of piperazine rings is 1. The van der Waals surface area contributed by atoms with Crippen LogP contribution < -0.4 is 0 Å². The van der Waals surface area contributed by atoms with Gasteiger partial charge in [0.2, 0.25) is 20.0 Å². The number of benzene rings is 2. The van der Waals surface area contributed by atoms with Crippen LogP contribution in [0.3, 0.4) is 0 Å². The number of rotatable bonds is 5. The highest BCUT2D eigenvalue weighted by Crippen LogP contribution is 2.23. The molecule has 0 saturated carbocycles. The summed E-state index contributed by atoms with van der Waals surface area (Å²) in [6, 6.07) is 11.6. The first-order valence-corrected chi connectivity index (χ1v) is 11.9. The molecule has 1 heterocycles. The Balaban J connectivity index is 1.74. The fraction of sp³-hybridized carbons (Fsp3) is 0.368. The molecule has 0 aromatic heterocycles. The van der Waals surface area contributed by atoms with Crippen molar-refractivity contribution >= 4 is 20.0 Å². The Hall–Kier alpha value is -1.81. The highest BCUT2D eigenvalue weighted by molar-refractivity contribution is 7.89. The minimum Gasteiger partial charge on any atom is -0.207 e. The summed E-state index contributed by atoms with van der Waals surface area (Å²) in [5, 5.41) is 0. The predicted molar refractivity (Wildman–Crippen MR) is 104 cm³/mol. The lowest BCUT2D eigenvalue weighted by atomic mass is 10.0. The third kappa shape index (κ3) is 4.12. The van der Waals surface area contributed by atoms with Crippen LogP contribution in [-0.4, -0.2) is 51.6 Å². The molecule has 0 unspecified atom stereocenters. The molecule has 6 nitrogen and oxygen atoms in total. The first-order chi connectivity index (χ1) is 13.1. The van der Waals surface area contributed by atoms with Crippen molar-refractivity contribution in [3.05, 3.63) is 59.9 Å². The lowest BCUT2D eigenvalue weighted by Gasteiger charge is -2.33. The predicted octanol–water partition coefficient (Wildman–Crippen LogP) is 2.64. The average Bonchev–Trinajstić information content (AvgIpc) is 2.68. The number of halogens is 1. The Bertz CT molecular complexity index is 1040. The summed E-state index contributed by atoms with van der Waals surface area (Å²) in [6.07, 6.45) is 0. The van der Waals surface area contributed by atoms with E-state index in [1.165, 1.54) is 26.8 Å². The summed E-state index contributed by atoms with van der Waals surface area (Å²) in [5.41, 5.74) is 1.05. The van der Waals surface area contributed by atoms with Gasteiger partial charge in [0.25, 0.3) is 0 Å². The van der Waals surface area contributed by atoms with Gasteiger partial charge in [0, 0.05) is 26.2 Å². The van der Waals surface area contributed by atoms with Gasteiger partial charge in [-0.1, -0.05) is 32.0 Å². The van der Waals surface area contributed by atoms with Gasteiger partial charge < -0.3 is 0 Å².